The van der Waals surface area contributed by atoms with Crippen LogP contribution in [0.1, 0.15) is 73.6 Å². The van der Waals surface area contributed by atoms with E-state index in [2.05, 4.69) is 27.4 Å². The van der Waals surface area contributed by atoms with Crippen molar-refractivity contribution in [1.82, 2.24) is 0 Å². The largest absolute Gasteiger partial charge is 0.462 e. The van der Waals surface area contributed by atoms with Crippen molar-refractivity contribution in [2.24, 2.45) is 34.0 Å². The molecule has 2 bridgehead atoms. The SMILES string of the molecule is C=C1C(=O)[C@@]23[C@@H]4OC(C)(C)O[C@@H]2C[C@@H]2C(C)(C)CC[C@H](OC(C)=O)[C@@]2(C)[C@@H]3CC[C@@H]14. The first-order valence-electron chi connectivity index (χ1n) is 11.6. The number of fused-ring (bicyclic) bond motifs is 2. The number of ether oxygens (including phenoxy) is 3. The average Bonchev–Trinajstić information content (AvgIpc) is 2.75. The Kier molecular flexibility index (Phi) is 4.12. The van der Waals surface area contributed by atoms with Crippen molar-refractivity contribution in [2.45, 2.75) is 97.7 Å². The van der Waals surface area contributed by atoms with Crippen molar-refractivity contribution in [3.8, 4) is 0 Å². The van der Waals surface area contributed by atoms with Gasteiger partial charge in [0.25, 0.3) is 0 Å². The highest BCUT2D eigenvalue weighted by Gasteiger charge is 2.78. The Morgan fingerprint density at radius 1 is 1.07 bits per heavy atom. The zero-order valence-electron chi connectivity index (χ0n) is 19.2. The summed E-state index contributed by atoms with van der Waals surface area (Å²) in [6, 6.07) is 0. The fraction of sp³-hybridized carbons (Fsp3) is 0.840. The molecule has 8 atom stereocenters. The normalized spacial score (nSPS) is 50.5. The van der Waals surface area contributed by atoms with Crippen LogP contribution in [0.2, 0.25) is 0 Å². The van der Waals surface area contributed by atoms with Gasteiger partial charge >= 0.3 is 5.97 Å². The predicted octanol–water partition coefficient (Wildman–Crippen LogP) is 4.44. The van der Waals surface area contributed by atoms with Crippen LogP contribution in [0.3, 0.4) is 0 Å². The number of ketones is 1. The lowest BCUT2D eigenvalue weighted by Crippen LogP contribution is -2.74. The van der Waals surface area contributed by atoms with Gasteiger partial charge in [-0.3, -0.25) is 9.59 Å². The highest BCUT2D eigenvalue weighted by molar-refractivity contribution is 6.04. The number of hydrogen-bond donors (Lipinski definition) is 0. The lowest BCUT2D eigenvalue weighted by atomic mass is 9.39. The van der Waals surface area contributed by atoms with Crippen molar-refractivity contribution in [1.29, 1.82) is 0 Å². The third kappa shape index (κ3) is 2.31. The summed E-state index contributed by atoms with van der Waals surface area (Å²) in [7, 11) is 0. The van der Waals surface area contributed by atoms with Crippen molar-refractivity contribution >= 4 is 11.8 Å². The molecule has 0 aromatic heterocycles. The van der Waals surface area contributed by atoms with Crippen molar-refractivity contribution in [3.63, 3.8) is 0 Å². The van der Waals surface area contributed by atoms with Gasteiger partial charge in [-0.05, 0) is 68.8 Å². The maximum Gasteiger partial charge on any atom is 0.302 e. The lowest BCUT2D eigenvalue weighted by molar-refractivity contribution is -0.384. The molecule has 5 fully saturated rings. The number of carbonyl (C=O) groups excluding carboxylic acids is 2. The van der Waals surface area contributed by atoms with E-state index < -0.39 is 11.2 Å². The van der Waals surface area contributed by atoms with E-state index in [0.29, 0.717) is 5.92 Å². The summed E-state index contributed by atoms with van der Waals surface area (Å²) in [5.41, 5.74) is -0.187. The molecule has 5 nitrogen and oxygen atoms in total. The molecule has 0 unspecified atom stereocenters. The van der Waals surface area contributed by atoms with Crippen LogP contribution in [-0.4, -0.2) is 35.9 Å². The Bertz CT molecular complexity index is 827. The zero-order valence-corrected chi connectivity index (χ0v) is 19.2. The molecule has 1 heterocycles. The van der Waals surface area contributed by atoms with E-state index in [0.717, 1.165) is 37.7 Å². The molecule has 5 aliphatic rings. The molecular weight excluding hydrogens is 380 g/mol. The Morgan fingerprint density at radius 2 is 1.77 bits per heavy atom. The first-order chi connectivity index (χ1) is 13.9. The van der Waals surface area contributed by atoms with Gasteiger partial charge in [0.15, 0.2) is 11.6 Å². The molecule has 30 heavy (non-hydrogen) atoms. The molecule has 0 amide bonds. The number of esters is 1. The third-order valence-corrected chi connectivity index (χ3v) is 9.63. The second kappa shape index (κ2) is 5.98. The fourth-order valence-electron chi connectivity index (χ4n) is 8.63. The highest BCUT2D eigenvalue weighted by atomic mass is 16.7. The average molecular weight is 417 g/mol. The van der Waals surface area contributed by atoms with Crippen LogP contribution in [-0.2, 0) is 23.8 Å². The van der Waals surface area contributed by atoms with Gasteiger partial charge in [-0.2, -0.15) is 0 Å². The molecule has 5 rings (SSSR count). The van der Waals surface area contributed by atoms with E-state index >= 15 is 0 Å². The van der Waals surface area contributed by atoms with Gasteiger partial charge in [-0.1, -0.05) is 27.4 Å². The Labute approximate surface area is 179 Å². The van der Waals surface area contributed by atoms with Crippen LogP contribution in [0.25, 0.3) is 0 Å². The number of hydrogen-bond acceptors (Lipinski definition) is 5. The van der Waals surface area contributed by atoms with E-state index in [1.165, 1.54) is 6.92 Å². The zero-order chi connectivity index (χ0) is 21.9. The summed E-state index contributed by atoms with van der Waals surface area (Å²) in [4.78, 5) is 26.0. The maximum absolute atomic E-state index is 13.9. The second-order valence-electron chi connectivity index (χ2n) is 11.8. The molecule has 5 heteroatoms. The van der Waals surface area contributed by atoms with Crippen LogP contribution < -0.4 is 0 Å². The molecule has 0 aromatic carbocycles. The second-order valence-corrected chi connectivity index (χ2v) is 11.8. The van der Waals surface area contributed by atoms with Crippen LogP contribution in [0, 0.1) is 34.0 Å². The minimum atomic E-state index is -0.717. The van der Waals surface area contributed by atoms with E-state index in [1.807, 2.05) is 13.8 Å². The molecule has 166 valence electrons. The van der Waals surface area contributed by atoms with Crippen LogP contribution in [0.15, 0.2) is 12.2 Å². The minimum Gasteiger partial charge on any atom is -0.462 e. The molecule has 1 spiro atoms. The summed E-state index contributed by atoms with van der Waals surface area (Å²) >= 11 is 0. The Balaban J connectivity index is 1.71. The van der Waals surface area contributed by atoms with Crippen molar-refractivity contribution in [3.05, 3.63) is 12.2 Å². The monoisotopic (exact) mass is 416 g/mol. The van der Waals surface area contributed by atoms with E-state index in [9.17, 15) is 9.59 Å². The van der Waals surface area contributed by atoms with Gasteiger partial charge in [0.1, 0.15) is 6.10 Å². The molecule has 1 saturated heterocycles. The van der Waals surface area contributed by atoms with Crippen LogP contribution in [0.4, 0.5) is 0 Å². The van der Waals surface area contributed by atoms with Gasteiger partial charge in [0.05, 0.1) is 17.6 Å². The number of rotatable bonds is 1. The molecule has 0 aromatic rings. The number of Topliss-reactive ketones (excluding diaryl/α,β-unsaturated/α-hetero) is 1. The quantitative estimate of drug-likeness (QED) is 0.467. The van der Waals surface area contributed by atoms with Gasteiger partial charge in [-0.25, -0.2) is 0 Å². The molecule has 4 aliphatic carbocycles. The van der Waals surface area contributed by atoms with E-state index in [-0.39, 0.29) is 52.7 Å². The summed E-state index contributed by atoms with van der Waals surface area (Å²) in [5, 5.41) is 0. The highest BCUT2D eigenvalue weighted by Crippen LogP contribution is 2.73. The van der Waals surface area contributed by atoms with Gasteiger partial charge in [0, 0.05) is 18.3 Å². The topological polar surface area (TPSA) is 61.8 Å². The predicted molar refractivity (Wildman–Crippen MR) is 111 cm³/mol. The third-order valence-electron chi connectivity index (χ3n) is 9.63. The molecule has 0 radical (unpaired) electrons. The molecule has 1 aliphatic heterocycles. The molecular formula is C25H36O5. The minimum absolute atomic E-state index is 0.0572. The number of carbonyl (C=O) groups is 2. The summed E-state index contributed by atoms with van der Waals surface area (Å²) in [5.74, 6) is -0.373. The summed E-state index contributed by atoms with van der Waals surface area (Å²) in [6.07, 6.45) is 3.92. The first kappa shape index (κ1) is 20.7. The van der Waals surface area contributed by atoms with Crippen LogP contribution >= 0.6 is 0 Å². The van der Waals surface area contributed by atoms with E-state index in [1.54, 1.807) is 0 Å². The van der Waals surface area contributed by atoms with Crippen molar-refractivity contribution < 1.29 is 23.8 Å². The maximum atomic E-state index is 13.9. The van der Waals surface area contributed by atoms with Gasteiger partial charge < -0.3 is 14.2 Å². The van der Waals surface area contributed by atoms with Gasteiger partial charge in [0.2, 0.25) is 0 Å². The van der Waals surface area contributed by atoms with E-state index in [4.69, 9.17) is 14.2 Å². The molecule has 0 N–H and O–H groups in total. The summed E-state index contributed by atoms with van der Waals surface area (Å²) in [6.45, 7) is 16.6. The smallest absolute Gasteiger partial charge is 0.302 e. The first-order valence-corrected chi connectivity index (χ1v) is 11.6. The Hall–Kier alpha value is -1.20. The van der Waals surface area contributed by atoms with Crippen LogP contribution in [0.5, 0.6) is 0 Å². The van der Waals surface area contributed by atoms with Crippen molar-refractivity contribution in [2.75, 3.05) is 0 Å². The fourth-order valence-corrected chi connectivity index (χ4v) is 8.63. The Morgan fingerprint density at radius 3 is 2.43 bits per heavy atom. The standard InChI is InChI=1S/C25H36O5/c1-13-15-8-9-16-24(7)17(22(3,4)11-10-18(24)28-14(2)26)12-19-25(16,20(13)27)21(15)30-23(5,6)29-19/h15-19,21H,1,8-12H2,2-7H3/t15-,16-,17+,18-,19+,21+,24-,25-/m0/s1. The summed E-state index contributed by atoms with van der Waals surface area (Å²) < 4.78 is 19.1. The van der Waals surface area contributed by atoms with Gasteiger partial charge in [-0.15, -0.1) is 0 Å². The molecule has 4 saturated carbocycles. The lowest BCUT2D eigenvalue weighted by Gasteiger charge is -2.69.